The van der Waals surface area contributed by atoms with Gasteiger partial charge in [-0.3, -0.25) is 0 Å². The molecular weight excluding hydrogens is 262 g/mol. The van der Waals surface area contributed by atoms with E-state index < -0.39 is 11.6 Å². The summed E-state index contributed by atoms with van der Waals surface area (Å²) in [7, 11) is 0. The smallest absolute Gasteiger partial charge is 0.133 e. The van der Waals surface area contributed by atoms with Crippen LogP contribution in [0.5, 0.6) is 0 Å². The number of rotatable bonds is 1. The van der Waals surface area contributed by atoms with Gasteiger partial charge in [0.15, 0.2) is 0 Å². The Morgan fingerprint density at radius 1 is 0.737 bits per heavy atom. The molecule has 0 spiro atoms. The molecule has 3 aromatic carbocycles. The molecule has 3 rings (SSSR count). The van der Waals surface area contributed by atoms with Gasteiger partial charge in [0.2, 0.25) is 0 Å². The average molecular weight is 272 g/mol. The first kappa shape index (κ1) is 12.2. The summed E-state index contributed by atoms with van der Waals surface area (Å²) in [6.07, 6.45) is 0. The van der Waals surface area contributed by atoms with Crippen LogP contribution in [0.25, 0.3) is 21.9 Å². The highest BCUT2D eigenvalue weighted by Crippen LogP contribution is 2.28. The first-order valence-electron chi connectivity index (χ1n) is 5.82. The van der Waals surface area contributed by atoms with Crippen LogP contribution in [0.15, 0.2) is 59.5 Å². The van der Waals surface area contributed by atoms with Crippen molar-refractivity contribution in [2.24, 2.45) is 0 Å². The second-order valence-corrected chi connectivity index (χ2v) is 4.89. The van der Waals surface area contributed by atoms with Crippen LogP contribution in [-0.2, 0) is 0 Å². The zero-order valence-electron chi connectivity index (χ0n) is 9.90. The van der Waals surface area contributed by atoms with Gasteiger partial charge in [0.1, 0.15) is 11.6 Å². The molecule has 0 saturated heterocycles. The first-order chi connectivity index (χ1) is 9.13. The fourth-order valence-corrected chi connectivity index (χ4v) is 2.34. The third kappa shape index (κ3) is 2.34. The summed E-state index contributed by atoms with van der Waals surface area (Å²) < 4.78 is 26.7. The molecule has 0 unspecified atom stereocenters. The fraction of sp³-hybridized carbons (Fsp3) is 0. The molecule has 0 N–H and O–H groups in total. The molecule has 0 aliphatic heterocycles. The van der Waals surface area contributed by atoms with Gasteiger partial charge < -0.3 is 0 Å². The Labute approximate surface area is 115 Å². The molecule has 0 bridgehead atoms. The third-order valence-corrected chi connectivity index (χ3v) is 3.34. The molecule has 0 aliphatic rings. The van der Waals surface area contributed by atoms with Crippen molar-refractivity contribution in [3.05, 3.63) is 66.2 Å². The summed E-state index contributed by atoms with van der Waals surface area (Å²) in [5.74, 6) is -1.12. The zero-order chi connectivity index (χ0) is 13.4. The van der Waals surface area contributed by atoms with Gasteiger partial charge in [0.25, 0.3) is 0 Å². The lowest BCUT2D eigenvalue weighted by atomic mass is 10.0. The molecule has 3 aromatic rings. The van der Waals surface area contributed by atoms with Gasteiger partial charge in [-0.2, -0.15) is 0 Å². The van der Waals surface area contributed by atoms with Crippen molar-refractivity contribution in [3.63, 3.8) is 0 Å². The summed E-state index contributed by atoms with van der Waals surface area (Å²) in [5.41, 5.74) is 1.13. The SMILES string of the molecule is Fc1ccc(-c2ccc3cc(S)ccc3c2)c(F)c1. The molecule has 0 aromatic heterocycles. The lowest BCUT2D eigenvalue weighted by Gasteiger charge is -2.06. The Kier molecular flexibility index (Phi) is 2.99. The lowest BCUT2D eigenvalue weighted by molar-refractivity contribution is 0.585. The molecule has 0 aliphatic carbocycles. The normalized spacial score (nSPS) is 10.9. The molecule has 0 nitrogen and oxygen atoms in total. The highest BCUT2D eigenvalue weighted by atomic mass is 32.1. The minimum atomic E-state index is -0.568. The molecule has 19 heavy (non-hydrogen) atoms. The molecule has 0 heterocycles. The summed E-state index contributed by atoms with van der Waals surface area (Å²) >= 11 is 4.28. The van der Waals surface area contributed by atoms with Crippen LogP contribution >= 0.6 is 12.6 Å². The molecule has 0 fully saturated rings. The quantitative estimate of drug-likeness (QED) is 0.587. The van der Waals surface area contributed by atoms with Gasteiger partial charge in [-0.25, -0.2) is 8.78 Å². The van der Waals surface area contributed by atoms with E-state index in [-0.39, 0.29) is 0 Å². The van der Waals surface area contributed by atoms with Gasteiger partial charge >= 0.3 is 0 Å². The molecule has 0 amide bonds. The third-order valence-electron chi connectivity index (χ3n) is 3.07. The van der Waals surface area contributed by atoms with Crippen LogP contribution in [0.3, 0.4) is 0 Å². The summed E-state index contributed by atoms with van der Waals surface area (Å²) in [4.78, 5) is 0.883. The topological polar surface area (TPSA) is 0 Å². The second kappa shape index (κ2) is 4.67. The maximum absolute atomic E-state index is 13.7. The van der Waals surface area contributed by atoms with Crippen molar-refractivity contribution in [3.8, 4) is 11.1 Å². The van der Waals surface area contributed by atoms with Crippen molar-refractivity contribution >= 4 is 23.4 Å². The van der Waals surface area contributed by atoms with Gasteiger partial charge in [-0.15, -0.1) is 12.6 Å². The number of hydrogen-bond donors (Lipinski definition) is 1. The van der Waals surface area contributed by atoms with E-state index in [0.29, 0.717) is 5.56 Å². The summed E-state index contributed by atoms with van der Waals surface area (Å²) in [6, 6.07) is 15.0. The Morgan fingerprint density at radius 2 is 1.47 bits per heavy atom. The van der Waals surface area contributed by atoms with Gasteiger partial charge in [0.05, 0.1) is 0 Å². The summed E-state index contributed by atoms with van der Waals surface area (Å²) in [6.45, 7) is 0. The van der Waals surface area contributed by atoms with Crippen molar-refractivity contribution < 1.29 is 8.78 Å². The Morgan fingerprint density at radius 3 is 2.26 bits per heavy atom. The van der Waals surface area contributed by atoms with Crippen LogP contribution in [-0.4, -0.2) is 0 Å². The number of halogens is 2. The standard InChI is InChI=1S/C16H10F2S/c17-13-4-6-15(16(18)9-13)12-2-1-11-8-14(19)5-3-10(11)7-12/h1-9,19H. The van der Waals surface area contributed by atoms with E-state index in [1.807, 2.05) is 36.4 Å². The second-order valence-electron chi connectivity index (χ2n) is 4.37. The van der Waals surface area contributed by atoms with Crippen LogP contribution in [0.2, 0.25) is 0 Å². The fourth-order valence-electron chi connectivity index (χ4n) is 2.12. The van der Waals surface area contributed by atoms with Crippen molar-refractivity contribution in [2.75, 3.05) is 0 Å². The molecule has 0 saturated carbocycles. The molecular formula is C16H10F2S. The number of fused-ring (bicyclic) bond motifs is 1. The van der Waals surface area contributed by atoms with Crippen molar-refractivity contribution in [1.29, 1.82) is 0 Å². The summed E-state index contributed by atoms with van der Waals surface area (Å²) in [5, 5.41) is 2.04. The van der Waals surface area contributed by atoms with E-state index in [9.17, 15) is 8.78 Å². The van der Waals surface area contributed by atoms with Crippen LogP contribution in [0, 0.1) is 11.6 Å². The number of benzene rings is 3. The molecule has 94 valence electrons. The van der Waals surface area contributed by atoms with Gasteiger partial charge in [0, 0.05) is 16.5 Å². The average Bonchev–Trinajstić information content (AvgIpc) is 2.38. The van der Waals surface area contributed by atoms with Crippen LogP contribution < -0.4 is 0 Å². The van der Waals surface area contributed by atoms with E-state index in [1.54, 1.807) is 0 Å². The van der Waals surface area contributed by atoms with Crippen LogP contribution in [0.1, 0.15) is 0 Å². The number of thiol groups is 1. The highest BCUT2D eigenvalue weighted by molar-refractivity contribution is 7.80. The van der Waals surface area contributed by atoms with Crippen molar-refractivity contribution in [1.82, 2.24) is 0 Å². The van der Waals surface area contributed by atoms with E-state index in [4.69, 9.17) is 0 Å². The van der Waals surface area contributed by atoms with Gasteiger partial charge in [-0.05, 0) is 46.7 Å². The van der Waals surface area contributed by atoms with E-state index in [2.05, 4.69) is 12.6 Å². The minimum Gasteiger partial charge on any atom is -0.207 e. The minimum absolute atomic E-state index is 0.401. The zero-order valence-corrected chi connectivity index (χ0v) is 10.8. The maximum Gasteiger partial charge on any atom is 0.133 e. The monoisotopic (exact) mass is 272 g/mol. The predicted octanol–water partition coefficient (Wildman–Crippen LogP) is 5.07. The van der Waals surface area contributed by atoms with E-state index in [0.717, 1.165) is 27.3 Å². The van der Waals surface area contributed by atoms with Gasteiger partial charge in [-0.1, -0.05) is 18.2 Å². The predicted molar refractivity (Wildman–Crippen MR) is 76.6 cm³/mol. The Balaban J connectivity index is 2.17. The highest BCUT2D eigenvalue weighted by Gasteiger charge is 2.07. The molecule has 0 atom stereocenters. The lowest BCUT2D eigenvalue weighted by Crippen LogP contribution is -1.86. The van der Waals surface area contributed by atoms with E-state index >= 15 is 0 Å². The first-order valence-corrected chi connectivity index (χ1v) is 6.26. The van der Waals surface area contributed by atoms with E-state index in [1.165, 1.54) is 12.1 Å². The molecule has 3 heteroatoms. The van der Waals surface area contributed by atoms with Crippen LogP contribution in [0.4, 0.5) is 8.78 Å². The number of hydrogen-bond acceptors (Lipinski definition) is 1. The van der Waals surface area contributed by atoms with Crippen molar-refractivity contribution in [2.45, 2.75) is 4.90 Å². The largest absolute Gasteiger partial charge is 0.207 e. The Bertz CT molecular complexity index is 766. The molecule has 0 radical (unpaired) electrons. The maximum atomic E-state index is 13.7. The Hall–Kier alpha value is -1.87.